The normalized spacial score (nSPS) is 16.5. The van der Waals surface area contributed by atoms with E-state index in [-0.39, 0.29) is 17.1 Å². The third-order valence-electron chi connectivity index (χ3n) is 7.00. The van der Waals surface area contributed by atoms with Crippen LogP contribution in [0.3, 0.4) is 0 Å². The van der Waals surface area contributed by atoms with Crippen molar-refractivity contribution < 1.29 is 0 Å². The van der Waals surface area contributed by atoms with Gasteiger partial charge in [0.15, 0.2) is 5.82 Å². The molecule has 2 aromatic heterocycles. The number of aromatic nitrogens is 5. The molecule has 1 N–H and O–H groups in total. The third-order valence-corrected chi connectivity index (χ3v) is 7.00. The summed E-state index contributed by atoms with van der Waals surface area (Å²) in [6, 6.07) is 8.86. The summed E-state index contributed by atoms with van der Waals surface area (Å²) in [6.07, 6.45) is 7.92. The Kier molecular flexibility index (Phi) is 6.98. The van der Waals surface area contributed by atoms with E-state index in [1.165, 1.54) is 24.8 Å². The number of H-pyrrole nitrogens is 1. The van der Waals surface area contributed by atoms with Gasteiger partial charge in [-0.15, -0.1) is 5.10 Å². The van der Waals surface area contributed by atoms with Crippen molar-refractivity contribution in [1.82, 2.24) is 30.1 Å². The Morgan fingerprint density at radius 2 is 1.91 bits per heavy atom. The summed E-state index contributed by atoms with van der Waals surface area (Å²) in [7, 11) is 0. The van der Waals surface area contributed by atoms with Gasteiger partial charge < -0.3 is 4.98 Å². The first-order valence-electron chi connectivity index (χ1n) is 12.5. The second-order valence-electron chi connectivity index (χ2n) is 10.4. The number of nitrogens with one attached hydrogen (secondary N) is 1. The highest BCUT2D eigenvalue weighted by molar-refractivity contribution is 5.79. The van der Waals surface area contributed by atoms with Crippen molar-refractivity contribution in [3.63, 3.8) is 0 Å². The zero-order chi connectivity index (χ0) is 23.6. The molecule has 1 atom stereocenters. The molecule has 1 fully saturated rings. The Hall–Kier alpha value is -2.54. The molecule has 178 valence electrons. The molecule has 0 unspecified atom stereocenters. The van der Waals surface area contributed by atoms with Crippen molar-refractivity contribution in [2.45, 2.75) is 104 Å². The molecule has 7 heteroatoms. The summed E-state index contributed by atoms with van der Waals surface area (Å²) >= 11 is 0. The monoisotopic (exact) mass is 450 g/mol. The minimum absolute atomic E-state index is 0.00201. The van der Waals surface area contributed by atoms with Gasteiger partial charge in [-0.2, -0.15) is 0 Å². The number of rotatable bonds is 7. The molecule has 4 rings (SSSR count). The van der Waals surface area contributed by atoms with E-state index in [2.05, 4.69) is 78.2 Å². The van der Waals surface area contributed by atoms with E-state index in [1.807, 2.05) is 10.7 Å². The van der Waals surface area contributed by atoms with Gasteiger partial charge in [-0.05, 0) is 86.0 Å². The maximum absolute atomic E-state index is 13.1. The lowest BCUT2D eigenvalue weighted by Crippen LogP contribution is -2.42. The zero-order valence-corrected chi connectivity index (χ0v) is 20.8. The van der Waals surface area contributed by atoms with Crippen molar-refractivity contribution in [2.24, 2.45) is 0 Å². The quantitative estimate of drug-likeness (QED) is 0.540. The van der Waals surface area contributed by atoms with Crippen LogP contribution in [0.15, 0.2) is 29.1 Å². The number of benzene rings is 1. The summed E-state index contributed by atoms with van der Waals surface area (Å²) in [5, 5.41) is 13.9. The number of aromatic amines is 1. The maximum Gasteiger partial charge on any atom is 0.252 e. The first kappa shape index (κ1) is 23.6. The molecule has 0 aliphatic heterocycles. The van der Waals surface area contributed by atoms with Gasteiger partial charge in [-0.1, -0.05) is 39.2 Å². The number of fused-ring (bicyclic) bond motifs is 1. The first-order chi connectivity index (χ1) is 15.8. The molecule has 1 saturated carbocycles. The van der Waals surface area contributed by atoms with Crippen LogP contribution in [0.4, 0.5) is 0 Å². The molecule has 1 aromatic carbocycles. The van der Waals surface area contributed by atoms with Crippen LogP contribution < -0.4 is 5.56 Å². The van der Waals surface area contributed by atoms with Gasteiger partial charge in [0, 0.05) is 23.7 Å². The van der Waals surface area contributed by atoms with Gasteiger partial charge in [-0.25, -0.2) is 4.68 Å². The molecule has 0 amide bonds. The Labute approximate surface area is 196 Å². The van der Waals surface area contributed by atoms with E-state index < -0.39 is 0 Å². The average Bonchev–Trinajstić information content (AvgIpc) is 3.30. The highest BCUT2D eigenvalue weighted by atomic mass is 16.1. The van der Waals surface area contributed by atoms with Crippen LogP contribution in [0.5, 0.6) is 0 Å². The van der Waals surface area contributed by atoms with Crippen LogP contribution in [-0.2, 0) is 18.5 Å². The molecule has 2 heterocycles. The Morgan fingerprint density at radius 3 is 2.58 bits per heavy atom. The molecule has 1 aliphatic carbocycles. The number of pyridine rings is 1. The minimum Gasteiger partial charge on any atom is -0.322 e. The summed E-state index contributed by atoms with van der Waals surface area (Å²) in [5.41, 5.74) is 2.78. The van der Waals surface area contributed by atoms with Crippen molar-refractivity contribution in [1.29, 1.82) is 0 Å². The second-order valence-corrected chi connectivity index (χ2v) is 10.4. The molecule has 33 heavy (non-hydrogen) atoms. The standard InChI is InChI=1S/C26H38N6O/c1-6-18-13-14-22-19(15-18)16-20(25(33)27-22)17-31(21-11-9-8-10-12-21)23(7-2)24-28-29-30-32(24)26(3,4)5/h13-16,21,23H,6-12,17H2,1-5H3,(H,27,33)/t23-/m0/s1. The fourth-order valence-corrected chi connectivity index (χ4v) is 5.19. The van der Waals surface area contributed by atoms with Crippen LogP contribution in [0, 0.1) is 0 Å². The van der Waals surface area contributed by atoms with Crippen molar-refractivity contribution in [3.05, 3.63) is 51.6 Å². The van der Waals surface area contributed by atoms with Crippen LogP contribution in [-0.4, -0.2) is 36.1 Å². The summed E-state index contributed by atoms with van der Waals surface area (Å²) < 4.78 is 1.95. The Bertz CT molecular complexity index is 1140. The van der Waals surface area contributed by atoms with Crippen LogP contribution in [0.25, 0.3) is 10.9 Å². The van der Waals surface area contributed by atoms with E-state index in [0.29, 0.717) is 12.6 Å². The van der Waals surface area contributed by atoms with Crippen molar-refractivity contribution in [2.75, 3.05) is 0 Å². The largest absolute Gasteiger partial charge is 0.322 e. The van der Waals surface area contributed by atoms with E-state index in [1.54, 1.807) is 0 Å². The highest BCUT2D eigenvalue weighted by Gasteiger charge is 2.33. The maximum atomic E-state index is 13.1. The molecule has 0 saturated heterocycles. The molecule has 0 spiro atoms. The third kappa shape index (κ3) is 5.03. The van der Waals surface area contributed by atoms with Gasteiger partial charge in [0.05, 0.1) is 11.6 Å². The van der Waals surface area contributed by atoms with Crippen LogP contribution in [0.1, 0.15) is 96.1 Å². The number of tetrazole rings is 1. The first-order valence-corrected chi connectivity index (χ1v) is 12.5. The highest BCUT2D eigenvalue weighted by Crippen LogP contribution is 2.34. The lowest BCUT2D eigenvalue weighted by atomic mass is 9.92. The number of hydrogen-bond donors (Lipinski definition) is 1. The molecule has 0 radical (unpaired) electrons. The van der Waals surface area contributed by atoms with Crippen molar-refractivity contribution in [3.8, 4) is 0 Å². The number of nitrogens with zero attached hydrogens (tertiary/aromatic N) is 5. The fourth-order valence-electron chi connectivity index (χ4n) is 5.19. The molecule has 0 bridgehead atoms. The molecule has 7 nitrogen and oxygen atoms in total. The SMILES string of the molecule is CCc1ccc2[nH]c(=O)c(CN(C3CCCCC3)[C@@H](CC)c3nnnn3C(C)(C)C)cc2c1. The number of hydrogen-bond acceptors (Lipinski definition) is 5. The van der Waals surface area contributed by atoms with E-state index >= 15 is 0 Å². The van der Waals surface area contributed by atoms with Crippen LogP contribution in [0.2, 0.25) is 0 Å². The smallest absolute Gasteiger partial charge is 0.252 e. The van der Waals surface area contributed by atoms with E-state index in [4.69, 9.17) is 0 Å². The topological polar surface area (TPSA) is 79.7 Å². The molecule has 1 aliphatic rings. The summed E-state index contributed by atoms with van der Waals surface area (Å²) in [5.74, 6) is 0.890. The molecule has 3 aromatic rings. The summed E-state index contributed by atoms with van der Waals surface area (Å²) in [6.45, 7) is 11.3. The Balaban J connectivity index is 1.76. The Morgan fingerprint density at radius 1 is 1.15 bits per heavy atom. The molecular formula is C26H38N6O. The lowest BCUT2D eigenvalue weighted by molar-refractivity contribution is 0.0810. The van der Waals surface area contributed by atoms with Gasteiger partial charge in [0.1, 0.15) is 0 Å². The van der Waals surface area contributed by atoms with Gasteiger partial charge in [0.2, 0.25) is 0 Å². The molecular weight excluding hydrogens is 412 g/mol. The second kappa shape index (κ2) is 9.75. The van der Waals surface area contributed by atoms with Gasteiger partial charge >= 0.3 is 0 Å². The van der Waals surface area contributed by atoms with Gasteiger partial charge in [-0.3, -0.25) is 9.69 Å². The van der Waals surface area contributed by atoms with E-state index in [9.17, 15) is 4.79 Å². The predicted molar refractivity (Wildman–Crippen MR) is 132 cm³/mol. The van der Waals surface area contributed by atoms with Gasteiger partial charge in [0.25, 0.3) is 5.56 Å². The summed E-state index contributed by atoms with van der Waals surface area (Å²) in [4.78, 5) is 18.7. The van der Waals surface area contributed by atoms with E-state index in [0.717, 1.165) is 48.0 Å². The zero-order valence-electron chi connectivity index (χ0n) is 20.8. The van der Waals surface area contributed by atoms with Crippen molar-refractivity contribution >= 4 is 10.9 Å². The lowest BCUT2D eigenvalue weighted by Gasteiger charge is -2.39. The fraction of sp³-hybridized carbons (Fsp3) is 0.615. The minimum atomic E-state index is -0.207. The predicted octanol–water partition coefficient (Wildman–Crippen LogP) is 5.12. The van der Waals surface area contributed by atoms with Crippen LogP contribution >= 0.6 is 0 Å². The number of aryl methyl sites for hydroxylation is 1. The average molecular weight is 451 g/mol.